The molecule has 0 radical (unpaired) electrons. The van der Waals surface area contributed by atoms with Gasteiger partial charge < -0.3 is 10.2 Å². The highest BCUT2D eigenvalue weighted by molar-refractivity contribution is 6.03. The number of aromatic nitrogens is 2. The normalized spacial score (nSPS) is 17.1. The Morgan fingerprint density at radius 3 is 2.68 bits per heavy atom. The van der Waals surface area contributed by atoms with Gasteiger partial charge in [-0.1, -0.05) is 25.5 Å². The largest absolute Gasteiger partial charge is 0.312 e. The fourth-order valence-electron chi connectivity index (χ4n) is 3.07. The van der Waals surface area contributed by atoms with Crippen LogP contribution in [0.3, 0.4) is 0 Å². The van der Waals surface area contributed by atoms with Gasteiger partial charge in [-0.25, -0.2) is 0 Å². The Labute approximate surface area is 147 Å². The molecule has 1 fully saturated rings. The lowest BCUT2D eigenvalue weighted by Crippen LogP contribution is -2.28. The molecule has 25 heavy (non-hydrogen) atoms. The van der Waals surface area contributed by atoms with Gasteiger partial charge in [0.05, 0.1) is 5.92 Å². The van der Waals surface area contributed by atoms with E-state index < -0.39 is 0 Å². The quantitative estimate of drug-likeness (QED) is 0.879. The van der Waals surface area contributed by atoms with Gasteiger partial charge in [-0.05, 0) is 30.5 Å². The smallest absolute Gasteiger partial charge is 0.231 e. The number of unbranched alkanes of at least 4 members (excludes halogenated alkanes) is 1. The highest BCUT2D eigenvalue weighted by Crippen LogP contribution is 2.26. The minimum Gasteiger partial charge on any atom is -0.312 e. The van der Waals surface area contributed by atoms with Crippen molar-refractivity contribution in [2.75, 3.05) is 16.8 Å². The van der Waals surface area contributed by atoms with Crippen LogP contribution in [0.5, 0.6) is 0 Å². The van der Waals surface area contributed by atoms with E-state index in [9.17, 15) is 9.59 Å². The molecule has 1 N–H and O–H groups in total. The fraction of sp³-hybridized carbons (Fsp3) is 0.421. The van der Waals surface area contributed by atoms with E-state index in [1.165, 1.54) is 12.0 Å². The van der Waals surface area contributed by atoms with Crippen molar-refractivity contribution < 1.29 is 9.59 Å². The summed E-state index contributed by atoms with van der Waals surface area (Å²) in [6, 6.07) is 9.82. The molecule has 1 unspecified atom stereocenters. The third-order valence-corrected chi connectivity index (χ3v) is 4.53. The van der Waals surface area contributed by atoms with Crippen molar-refractivity contribution in [2.24, 2.45) is 13.0 Å². The van der Waals surface area contributed by atoms with Crippen molar-refractivity contribution in [3.05, 3.63) is 42.1 Å². The Hall–Kier alpha value is -2.63. The van der Waals surface area contributed by atoms with E-state index in [0.717, 1.165) is 18.5 Å². The van der Waals surface area contributed by atoms with Crippen LogP contribution >= 0.6 is 0 Å². The van der Waals surface area contributed by atoms with Crippen molar-refractivity contribution >= 4 is 23.3 Å². The van der Waals surface area contributed by atoms with E-state index in [1.807, 2.05) is 12.1 Å². The molecule has 0 bridgehead atoms. The second-order valence-electron chi connectivity index (χ2n) is 6.54. The third kappa shape index (κ3) is 4.07. The zero-order valence-electron chi connectivity index (χ0n) is 14.7. The molecule has 1 saturated heterocycles. The van der Waals surface area contributed by atoms with Gasteiger partial charge in [0.1, 0.15) is 0 Å². The van der Waals surface area contributed by atoms with Crippen molar-refractivity contribution in [3.8, 4) is 0 Å². The van der Waals surface area contributed by atoms with Gasteiger partial charge in [-0.3, -0.25) is 14.3 Å². The van der Waals surface area contributed by atoms with Crippen LogP contribution in [0.1, 0.15) is 31.7 Å². The second kappa shape index (κ2) is 7.51. The summed E-state index contributed by atoms with van der Waals surface area (Å²) in [7, 11) is 1.79. The predicted molar refractivity (Wildman–Crippen MR) is 97.4 cm³/mol. The molecule has 132 valence electrons. The number of hydrogen-bond donors (Lipinski definition) is 1. The van der Waals surface area contributed by atoms with Gasteiger partial charge in [0.25, 0.3) is 0 Å². The minimum absolute atomic E-state index is 0.0116. The number of rotatable bonds is 6. The monoisotopic (exact) mass is 340 g/mol. The molecule has 1 atom stereocenters. The van der Waals surface area contributed by atoms with Crippen LogP contribution in [0.15, 0.2) is 36.5 Å². The molecule has 0 aliphatic carbocycles. The van der Waals surface area contributed by atoms with Crippen LogP contribution in [0, 0.1) is 5.92 Å². The number of carbonyl (C=O) groups is 2. The summed E-state index contributed by atoms with van der Waals surface area (Å²) in [5, 5.41) is 6.92. The van der Waals surface area contributed by atoms with E-state index in [1.54, 1.807) is 28.9 Å². The maximum atomic E-state index is 12.4. The molecule has 1 aromatic heterocycles. The highest BCUT2D eigenvalue weighted by Gasteiger charge is 2.35. The summed E-state index contributed by atoms with van der Waals surface area (Å²) in [5.74, 6) is -0.00968. The fourth-order valence-corrected chi connectivity index (χ4v) is 3.07. The molecule has 3 rings (SSSR count). The van der Waals surface area contributed by atoms with Gasteiger partial charge in [-0.15, -0.1) is 0 Å². The maximum Gasteiger partial charge on any atom is 0.231 e. The van der Waals surface area contributed by atoms with Crippen LogP contribution in [-0.2, 0) is 23.1 Å². The molecule has 2 amide bonds. The summed E-state index contributed by atoms with van der Waals surface area (Å²) < 4.78 is 1.63. The van der Waals surface area contributed by atoms with Crippen LogP contribution in [0.4, 0.5) is 11.5 Å². The number of benzene rings is 1. The van der Waals surface area contributed by atoms with Gasteiger partial charge in [0.2, 0.25) is 11.8 Å². The molecule has 2 aromatic rings. The standard InChI is InChI=1S/C19H24N4O2/c1-3-4-5-14-6-8-16(9-7-14)23-13-15(12-18(23)24)19(25)20-17-10-11-22(2)21-17/h6-11,15H,3-5,12-13H2,1-2H3,(H,20,21,25). The van der Waals surface area contributed by atoms with Gasteiger partial charge >= 0.3 is 0 Å². The number of nitrogens with one attached hydrogen (secondary N) is 1. The van der Waals surface area contributed by atoms with E-state index in [-0.39, 0.29) is 24.2 Å². The Morgan fingerprint density at radius 2 is 2.04 bits per heavy atom. The first kappa shape index (κ1) is 17.2. The highest BCUT2D eigenvalue weighted by atomic mass is 16.2. The average molecular weight is 340 g/mol. The molecule has 2 heterocycles. The number of carbonyl (C=O) groups excluding carboxylic acids is 2. The number of amides is 2. The van der Waals surface area contributed by atoms with Gasteiger partial charge in [0, 0.05) is 38.0 Å². The van der Waals surface area contributed by atoms with Crippen LogP contribution in [0.2, 0.25) is 0 Å². The van der Waals surface area contributed by atoms with E-state index in [4.69, 9.17) is 0 Å². The molecule has 6 heteroatoms. The van der Waals surface area contributed by atoms with Gasteiger partial charge in [-0.2, -0.15) is 5.10 Å². The molecule has 0 saturated carbocycles. The second-order valence-corrected chi connectivity index (χ2v) is 6.54. The van der Waals surface area contributed by atoms with Crippen molar-refractivity contribution in [1.29, 1.82) is 0 Å². The molecule has 6 nitrogen and oxygen atoms in total. The van der Waals surface area contributed by atoms with Crippen molar-refractivity contribution in [3.63, 3.8) is 0 Å². The summed E-state index contributed by atoms with van der Waals surface area (Å²) in [5.41, 5.74) is 2.14. The van der Waals surface area contributed by atoms with Crippen molar-refractivity contribution in [1.82, 2.24) is 9.78 Å². The maximum absolute atomic E-state index is 12.4. The van der Waals surface area contributed by atoms with E-state index in [2.05, 4.69) is 29.5 Å². The van der Waals surface area contributed by atoms with Crippen molar-refractivity contribution in [2.45, 2.75) is 32.6 Å². The zero-order chi connectivity index (χ0) is 17.8. The number of nitrogens with zero attached hydrogens (tertiary/aromatic N) is 3. The number of anilines is 2. The van der Waals surface area contributed by atoms with Crippen LogP contribution in [-0.4, -0.2) is 28.1 Å². The average Bonchev–Trinajstić information content (AvgIpc) is 3.19. The molecular weight excluding hydrogens is 316 g/mol. The van der Waals surface area contributed by atoms with E-state index >= 15 is 0 Å². The van der Waals surface area contributed by atoms with Crippen LogP contribution in [0.25, 0.3) is 0 Å². The summed E-state index contributed by atoms with van der Waals surface area (Å²) in [6.07, 6.45) is 5.38. The molecule has 1 aliphatic heterocycles. The lowest BCUT2D eigenvalue weighted by Gasteiger charge is -2.17. The Kier molecular flexibility index (Phi) is 5.16. The number of aryl methyl sites for hydroxylation is 2. The first-order valence-corrected chi connectivity index (χ1v) is 8.76. The van der Waals surface area contributed by atoms with Gasteiger partial charge in [0.15, 0.2) is 5.82 Å². The lowest BCUT2D eigenvalue weighted by molar-refractivity contribution is -0.122. The van der Waals surface area contributed by atoms with Crippen LogP contribution < -0.4 is 10.2 Å². The molecular formula is C19H24N4O2. The summed E-state index contributed by atoms with van der Waals surface area (Å²) in [6.45, 7) is 2.58. The lowest BCUT2D eigenvalue weighted by atomic mass is 10.1. The summed E-state index contributed by atoms with van der Waals surface area (Å²) >= 11 is 0. The Balaban J connectivity index is 1.62. The first-order valence-electron chi connectivity index (χ1n) is 8.76. The van der Waals surface area contributed by atoms with E-state index in [0.29, 0.717) is 12.4 Å². The summed E-state index contributed by atoms with van der Waals surface area (Å²) in [4.78, 5) is 26.4. The first-order chi connectivity index (χ1) is 12.1. The topological polar surface area (TPSA) is 67.2 Å². The Bertz CT molecular complexity index is 751. The SMILES string of the molecule is CCCCc1ccc(N2CC(C(=O)Nc3ccn(C)n3)CC2=O)cc1. The molecule has 1 aliphatic rings. The predicted octanol–water partition coefficient (Wildman–Crippen LogP) is 2.75. The minimum atomic E-state index is -0.353. The molecule has 0 spiro atoms. The Morgan fingerprint density at radius 1 is 1.28 bits per heavy atom. The molecule has 1 aromatic carbocycles. The third-order valence-electron chi connectivity index (χ3n) is 4.53. The zero-order valence-corrected chi connectivity index (χ0v) is 14.7. The number of hydrogen-bond acceptors (Lipinski definition) is 3.